The van der Waals surface area contributed by atoms with Crippen LogP contribution in [0.5, 0.6) is 0 Å². The van der Waals surface area contributed by atoms with Crippen LogP contribution < -0.4 is 0 Å². The predicted octanol–water partition coefficient (Wildman–Crippen LogP) is 6.76. The normalized spacial score (nSPS) is 32.0. The molecule has 2 aliphatic carbocycles. The highest BCUT2D eigenvalue weighted by molar-refractivity contribution is 5.04. The lowest BCUT2D eigenvalue weighted by molar-refractivity contribution is 0.236. The molecule has 0 radical (unpaired) electrons. The molecule has 0 saturated heterocycles. The molecule has 1 fully saturated rings. The number of hydrogen-bond acceptors (Lipinski definition) is 0. The fourth-order valence-electron chi connectivity index (χ4n) is 4.13. The van der Waals surface area contributed by atoms with E-state index in [1.165, 1.54) is 70.6 Å². The third-order valence-electron chi connectivity index (χ3n) is 5.73. The van der Waals surface area contributed by atoms with Crippen LogP contribution in [0.15, 0.2) is 11.6 Å². The summed E-state index contributed by atoms with van der Waals surface area (Å²) in [5.74, 6) is 3.96. The summed E-state index contributed by atoms with van der Waals surface area (Å²) in [7, 11) is 0. The Balaban J connectivity index is 1.69. The maximum atomic E-state index is 2.59. The van der Waals surface area contributed by atoms with Crippen molar-refractivity contribution in [1.82, 2.24) is 0 Å². The van der Waals surface area contributed by atoms with Crippen LogP contribution >= 0.6 is 0 Å². The number of hydrogen-bond donors (Lipinski definition) is 0. The van der Waals surface area contributed by atoms with Crippen LogP contribution in [0.1, 0.15) is 91.4 Å². The van der Waals surface area contributed by atoms with Crippen molar-refractivity contribution in [3.8, 4) is 0 Å². The molecule has 1 unspecified atom stereocenters. The standard InChI is InChI=1S/C20H36/c1-16(2)7-10-18-5-4-6-19(14-13-18)15-20-11-8-17(3)9-12-20/h5,16-17,19-20H,4,6-15H2,1-3H3. The highest BCUT2D eigenvalue weighted by atomic mass is 14.3. The molecule has 0 amide bonds. The van der Waals surface area contributed by atoms with Gasteiger partial charge in [-0.25, -0.2) is 0 Å². The van der Waals surface area contributed by atoms with Gasteiger partial charge in [-0.3, -0.25) is 0 Å². The molecule has 0 aromatic rings. The van der Waals surface area contributed by atoms with Crippen LogP contribution in [0.4, 0.5) is 0 Å². The third kappa shape index (κ3) is 5.62. The third-order valence-corrected chi connectivity index (χ3v) is 5.73. The maximum absolute atomic E-state index is 2.59. The zero-order valence-corrected chi connectivity index (χ0v) is 14.2. The smallest absolute Gasteiger partial charge is 0.0318 e. The minimum absolute atomic E-state index is 0.860. The highest BCUT2D eigenvalue weighted by Gasteiger charge is 2.22. The summed E-state index contributed by atoms with van der Waals surface area (Å²) in [5, 5.41) is 0. The van der Waals surface area contributed by atoms with Crippen LogP contribution in [0.25, 0.3) is 0 Å². The Morgan fingerprint density at radius 3 is 2.40 bits per heavy atom. The summed E-state index contributed by atoms with van der Waals surface area (Å²) >= 11 is 0. The highest BCUT2D eigenvalue weighted by Crippen LogP contribution is 2.36. The number of allylic oxidation sites excluding steroid dienone is 2. The van der Waals surface area contributed by atoms with E-state index in [1.807, 2.05) is 0 Å². The minimum atomic E-state index is 0.860. The van der Waals surface area contributed by atoms with Gasteiger partial charge < -0.3 is 0 Å². The summed E-state index contributed by atoms with van der Waals surface area (Å²) in [6.45, 7) is 7.14. The Bertz CT molecular complexity index is 291. The molecule has 2 aliphatic rings. The van der Waals surface area contributed by atoms with E-state index < -0.39 is 0 Å². The molecule has 0 heteroatoms. The van der Waals surface area contributed by atoms with Crippen molar-refractivity contribution in [3.63, 3.8) is 0 Å². The topological polar surface area (TPSA) is 0 Å². The van der Waals surface area contributed by atoms with Crippen LogP contribution in [0.2, 0.25) is 0 Å². The summed E-state index contributed by atoms with van der Waals surface area (Å²) in [4.78, 5) is 0. The lowest BCUT2D eigenvalue weighted by Crippen LogP contribution is -2.16. The van der Waals surface area contributed by atoms with Crippen LogP contribution in [0, 0.1) is 23.7 Å². The molecule has 0 heterocycles. The molecular formula is C20H36. The van der Waals surface area contributed by atoms with E-state index in [2.05, 4.69) is 26.8 Å². The van der Waals surface area contributed by atoms with Crippen molar-refractivity contribution in [2.75, 3.05) is 0 Å². The van der Waals surface area contributed by atoms with Crippen molar-refractivity contribution in [1.29, 1.82) is 0 Å². The van der Waals surface area contributed by atoms with Gasteiger partial charge >= 0.3 is 0 Å². The monoisotopic (exact) mass is 276 g/mol. The van der Waals surface area contributed by atoms with Gasteiger partial charge in [-0.2, -0.15) is 0 Å². The first-order chi connectivity index (χ1) is 9.63. The lowest BCUT2D eigenvalue weighted by atomic mass is 9.77. The van der Waals surface area contributed by atoms with E-state index in [0.717, 1.165) is 23.7 Å². The van der Waals surface area contributed by atoms with Crippen molar-refractivity contribution >= 4 is 0 Å². The lowest BCUT2D eigenvalue weighted by Gasteiger charge is -2.29. The average Bonchev–Trinajstić information content (AvgIpc) is 2.64. The van der Waals surface area contributed by atoms with Crippen molar-refractivity contribution in [3.05, 3.63) is 11.6 Å². The summed E-state index contributed by atoms with van der Waals surface area (Å²) in [5.41, 5.74) is 1.78. The minimum Gasteiger partial charge on any atom is -0.0853 e. The molecule has 0 nitrogen and oxygen atoms in total. The van der Waals surface area contributed by atoms with E-state index in [9.17, 15) is 0 Å². The Morgan fingerprint density at radius 2 is 1.70 bits per heavy atom. The van der Waals surface area contributed by atoms with Crippen molar-refractivity contribution in [2.45, 2.75) is 91.4 Å². The molecule has 20 heavy (non-hydrogen) atoms. The molecule has 0 aromatic heterocycles. The van der Waals surface area contributed by atoms with E-state index in [1.54, 1.807) is 5.57 Å². The van der Waals surface area contributed by atoms with Gasteiger partial charge in [0.25, 0.3) is 0 Å². The van der Waals surface area contributed by atoms with Gasteiger partial charge in [0.2, 0.25) is 0 Å². The second kappa shape index (κ2) is 8.25. The quantitative estimate of drug-likeness (QED) is 0.487. The van der Waals surface area contributed by atoms with Crippen molar-refractivity contribution in [2.24, 2.45) is 23.7 Å². The van der Waals surface area contributed by atoms with E-state index in [0.29, 0.717) is 0 Å². The summed E-state index contributed by atoms with van der Waals surface area (Å²) in [6.07, 6.45) is 18.6. The van der Waals surface area contributed by atoms with Crippen LogP contribution in [0.3, 0.4) is 0 Å². The van der Waals surface area contributed by atoms with E-state index in [-0.39, 0.29) is 0 Å². The van der Waals surface area contributed by atoms with Gasteiger partial charge in [-0.05, 0) is 68.6 Å². The Hall–Kier alpha value is -0.260. The van der Waals surface area contributed by atoms with E-state index in [4.69, 9.17) is 0 Å². The van der Waals surface area contributed by atoms with Gasteiger partial charge in [-0.1, -0.05) is 58.1 Å². The number of rotatable bonds is 5. The Kier molecular flexibility index (Phi) is 6.65. The fourth-order valence-corrected chi connectivity index (χ4v) is 4.13. The van der Waals surface area contributed by atoms with Crippen LogP contribution in [-0.4, -0.2) is 0 Å². The maximum Gasteiger partial charge on any atom is -0.0318 e. The molecule has 1 saturated carbocycles. The van der Waals surface area contributed by atoms with Gasteiger partial charge in [0.05, 0.1) is 0 Å². The first-order valence-corrected chi connectivity index (χ1v) is 9.31. The zero-order chi connectivity index (χ0) is 14.4. The molecule has 2 rings (SSSR count). The first-order valence-electron chi connectivity index (χ1n) is 9.31. The predicted molar refractivity (Wildman–Crippen MR) is 89.9 cm³/mol. The molecule has 0 spiro atoms. The largest absolute Gasteiger partial charge is 0.0853 e. The zero-order valence-electron chi connectivity index (χ0n) is 14.2. The second-order valence-electron chi connectivity index (χ2n) is 8.14. The van der Waals surface area contributed by atoms with Gasteiger partial charge in [-0.15, -0.1) is 0 Å². The first kappa shape index (κ1) is 16.1. The Labute approximate surface area is 127 Å². The summed E-state index contributed by atoms with van der Waals surface area (Å²) < 4.78 is 0. The SMILES string of the molecule is CC(C)CCC1=CCCC(CC2CCC(C)CC2)CC1. The van der Waals surface area contributed by atoms with Crippen molar-refractivity contribution < 1.29 is 0 Å². The molecule has 0 aromatic carbocycles. The van der Waals surface area contributed by atoms with Gasteiger partial charge in [0.15, 0.2) is 0 Å². The summed E-state index contributed by atoms with van der Waals surface area (Å²) in [6, 6.07) is 0. The molecule has 116 valence electrons. The second-order valence-corrected chi connectivity index (χ2v) is 8.14. The fraction of sp³-hybridized carbons (Fsp3) is 0.900. The van der Waals surface area contributed by atoms with E-state index >= 15 is 0 Å². The van der Waals surface area contributed by atoms with Gasteiger partial charge in [0, 0.05) is 0 Å². The molecule has 0 N–H and O–H groups in total. The van der Waals surface area contributed by atoms with Gasteiger partial charge in [0.1, 0.15) is 0 Å². The molecular weight excluding hydrogens is 240 g/mol. The molecule has 0 aliphatic heterocycles. The molecule has 0 bridgehead atoms. The average molecular weight is 277 g/mol. The Morgan fingerprint density at radius 1 is 1.00 bits per heavy atom. The van der Waals surface area contributed by atoms with Crippen LogP contribution in [-0.2, 0) is 0 Å². The molecule has 1 atom stereocenters.